The van der Waals surface area contributed by atoms with Gasteiger partial charge in [-0.25, -0.2) is 0 Å². The number of nitrogens with zero attached hydrogens (tertiary/aromatic N) is 6. The summed E-state index contributed by atoms with van der Waals surface area (Å²) >= 11 is 0. The molecule has 0 aliphatic heterocycles. The van der Waals surface area contributed by atoms with Crippen LogP contribution in [-0.2, 0) is 0 Å². The van der Waals surface area contributed by atoms with Gasteiger partial charge in [-0.2, -0.15) is 10.2 Å². The first-order valence-electron chi connectivity index (χ1n) is 9.69. The Bertz CT molecular complexity index is 1300. The van der Waals surface area contributed by atoms with Crippen LogP contribution in [0.2, 0.25) is 0 Å². The average Bonchev–Trinajstić information content (AvgIpc) is 2.84. The fourth-order valence-electron chi connectivity index (χ4n) is 2.78. The highest BCUT2D eigenvalue weighted by molar-refractivity contribution is 5.85. The van der Waals surface area contributed by atoms with Crippen molar-refractivity contribution in [2.75, 3.05) is 10.9 Å². The van der Waals surface area contributed by atoms with Crippen LogP contribution < -0.4 is 10.9 Å². The Balaban J connectivity index is 1.65. The van der Waals surface area contributed by atoms with E-state index in [2.05, 4.69) is 21.1 Å². The highest BCUT2D eigenvalue weighted by Crippen LogP contribution is 2.29. The summed E-state index contributed by atoms with van der Waals surface area (Å²) in [6.45, 7) is 0. The molecule has 182 valence electrons. The van der Waals surface area contributed by atoms with E-state index in [1.165, 1.54) is 24.6 Å². The molecule has 0 heterocycles. The van der Waals surface area contributed by atoms with E-state index in [1.807, 2.05) is 0 Å². The van der Waals surface area contributed by atoms with Crippen LogP contribution in [0.3, 0.4) is 0 Å². The van der Waals surface area contributed by atoms with E-state index >= 15 is 0 Å². The van der Waals surface area contributed by atoms with Gasteiger partial charge in [0.2, 0.25) is 0 Å². The molecule has 0 aliphatic carbocycles. The summed E-state index contributed by atoms with van der Waals surface area (Å²) in [6.07, 6.45) is 2.73. The summed E-state index contributed by atoms with van der Waals surface area (Å²) in [4.78, 5) is 40.9. The van der Waals surface area contributed by atoms with E-state index in [4.69, 9.17) is 0 Å². The third kappa shape index (κ3) is 6.16. The molecule has 36 heavy (non-hydrogen) atoms. The lowest BCUT2D eigenvalue weighted by Gasteiger charge is -2.02. The molecule has 0 bridgehead atoms. The quantitative estimate of drug-likeness (QED) is 0.232. The van der Waals surface area contributed by atoms with Gasteiger partial charge in [0.25, 0.3) is 11.4 Å². The van der Waals surface area contributed by atoms with E-state index < -0.39 is 42.4 Å². The second-order valence-corrected chi connectivity index (χ2v) is 6.84. The maximum atomic E-state index is 11.2. The van der Waals surface area contributed by atoms with Gasteiger partial charge < -0.3 is 0 Å². The normalized spacial score (nSPS) is 10.9. The van der Waals surface area contributed by atoms with Crippen molar-refractivity contribution in [2.24, 2.45) is 10.2 Å². The van der Waals surface area contributed by atoms with Gasteiger partial charge in [0.05, 0.1) is 44.3 Å². The number of nitro groups is 4. The molecule has 0 atom stereocenters. The van der Waals surface area contributed by atoms with Crippen molar-refractivity contribution in [1.82, 2.24) is 0 Å². The maximum Gasteiger partial charge on any atom is 0.301 e. The largest absolute Gasteiger partial charge is 0.301 e. The molecule has 0 aromatic heterocycles. The summed E-state index contributed by atoms with van der Waals surface area (Å²) < 4.78 is 0. The molecule has 3 aromatic carbocycles. The minimum atomic E-state index is -0.766. The first kappa shape index (κ1) is 24.8. The minimum Gasteiger partial charge on any atom is -0.272 e. The summed E-state index contributed by atoms with van der Waals surface area (Å²) in [5.41, 5.74) is 4.22. The molecular formula is C20H14N8O8. The zero-order chi connectivity index (χ0) is 26.2. The summed E-state index contributed by atoms with van der Waals surface area (Å²) in [5.74, 6) is 0. The Hall–Kier alpha value is -5.80. The zero-order valence-corrected chi connectivity index (χ0v) is 17.9. The fraction of sp³-hybridized carbons (Fsp3) is 0. The van der Waals surface area contributed by atoms with E-state index in [0.717, 1.165) is 24.3 Å². The Morgan fingerprint density at radius 3 is 1.22 bits per heavy atom. The maximum absolute atomic E-state index is 11.2. The van der Waals surface area contributed by atoms with Crippen LogP contribution >= 0.6 is 0 Å². The summed E-state index contributed by atoms with van der Waals surface area (Å²) in [5, 5.41) is 51.7. The first-order chi connectivity index (χ1) is 17.2. The summed E-state index contributed by atoms with van der Waals surface area (Å²) in [6, 6.07) is 12.8. The molecule has 16 nitrogen and oxygen atoms in total. The Morgan fingerprint density at radius 2 is 0.917 bits per heavy atom. The molecule has 0 radical (unpaired) electrons. The first-order valence-corrected chi connectivity index (χ1v) is 9.69. The van der Waals surface area contributed by atoms with Crippen LogP contribution in [0.25, 0.3) is 0 Å². The lowest BCUT2D eigenvalue weighted by molar-refractivity contribution is -0.393. The molecule has 0 saturated heterocycles. The van der Waals surface area contributed by atoms with Crippen molar-refractivity contribution >= 4 is 46.6 Å². The Labute approximate surface area is 200 Å². The number of hydrogen-bond donors (Lipinski definition) is 2. The predicted molar refractivity (Wildman–Crippen MR) is 128 cm³/mol. The van der Waals surface area contributed by atoms with Gasteiger partial charge in [-0.05, 0) is 23.3 Å². The second kappa shape index (κ2) is 10.9. The third-order valence-corrected chi connectivity index (χ3v) is 4.51. The topological polar surface area (TPSA) is 221 Å². The number of benzene rings is 3. The van der Waals surface area contributed by atoms with Gasteiger partial charge in [-0.1, -0.05) is 24.3 Å². The van der Waals surface area contributed by atoms with Gasteiger partial charge in [0, 0.05) is 12.1 Å². The van der Waals surface area contributed by atoms with Crippen LogP contribution in [-0.4, -0.2) is 32.1 Å². The highest BCUT2D eigenvalue weighted by atomic mass is 16.6. The molecule has 3 aromatic rings. The molecule has 0 amide bonds. The Kier molecular flexibility index (Phi) is 7.51. The van der Waals surface area contributed by atoms with Crippen molar-refractivity contribution < 1.29 is 19.7 Å². The lowest BCUT2D eigenvalue weighted by atomic mass is 10.2. The van der Waals surface area contributed by atoms with Gasteiger partial charge >= 0.3 is 11.4 Å². The van der Waals surface area contributed by atoms with Crippen LogP contribution in [0.15, 0.2) is 70.9 Å². The zero-order valence-electron chi connectivity index (χ0n) is 17.9. The van der Waals surface area contributed by atoms with Crippen molar-refractivity contribution in [1.29, 1.82) is 0 Å². The number of hydrogen-bond acceptors (Lipinski definition) is 12. The molecule has 0 unspecified atom stereocenters. The van der Waals surface area contributed by atoms with Crippen LogP contribution in [0, 0.1) is 40.5 Å². The van der Waals surface area contributed by atoms with Crippen molar-refractivity contribution in [3.05, 3.63) is 112 Å². The fourth-order valence-corrected chi connectivity index (χ4v) is 2.78. The molecule has 2 N–H and O–H groups in total. The van der Waals surface area contributed by atoms with Crippen LogP contribution in [0.5, 0.6) is 0 Å². The number of anilines is 2. The van der Waals surface area contributed by atoms with Gasteiger partial charge in [-0.3, -0.25) is 51.3 Å². The Morgan fingerprint density at radius 1 is 0.556 bits per heavy atom. The predicted octanol–water partition coefficient (Wildman–Crippen LogP) is 4.21. The molecule has 0 saturated carbocycles. The molecule has 0 aliphatic rings. The summed E-state index contributed by atoms with van der Waals surface area (Å²) in [7, 11) is 0. The monoisotopic (exact) mass is 494 g/mol. The van der Waals surface area contributed by atoms with Gasteiger partial charge in [0.15, 0.2) is 0 Å². The van der Waals surface area contributed by atoms with Crippen molar-refractivity contribution in [3.8, 4) is 0 Å². The van der Waals surface area contributed by atoms with Gasteiger partial charge in [-0.15, -0.1) is 0 Å². The molecule has 16 heteroatoms. The number of non-ortho nitro benzene ring substituents is 2. The third-order valence-electron chi connectivity index (χ3n) is 4.51. The van der Waals surface area contributed by atoms with Crippen molar-refractivity contribution in [2.45, 2.75) is 0 Å². The lowest BCUT2D eigenvalue weighted by Crippen LogP contribution is -1.99. The van der Waals surface area contributed by atoms with Crippen LogP contribution in [0.4, 0.5) is 34.1 Å². The number of nitrogens with one attached hydrogen (secondary N) is 2. The molecule has 3 rings (SSSR count). The SMILES string of the molecule is O=[N+]([O-])c1ccc(NN=Cc2ccc(C=NNc3ccc([N+](=O)[O-])cc3[N+](=O)[O-])cc2)c([N+](=O)[O-])c1. The highest BCUT2D eigenvalue weighted by Gasteiger charge is 2.20. The number of rotatable bonds is 10. The number of hydrazone groups is 2. The van der Waals surface area contributed by atoms with E-state index in [0.29, 0.717) is 11.1 Å². The van der Waals surface area contributed by atoms with Crippen LogP contribution in [0.1, 0.15) is 11.1 Å². The van der Waals surface area contributed by atoms with E-state index in [1.54, 1.807) is 24.3 Å². The molecule has 0 fully saturated rings. The smallest absolute Gasteiger partial charge is 0.272 e. The average molecular weight is 494 g/mol. The van der Waals surface area contributed by atoms with Gasteiger partial charge in [0.1, 0.15) is 11.4 Å². The second-order valence-electron chi connectivity index (χ2n) is 6.84. The molecular weight excluding hydrogens is 480 g/mol. The standard InChI is InChI=1S/C20H14N8O8/c29-25(30)15-5-7-17(19(9-15)27(33)34)23-21-11-13-1-2-14(4-3-13)12-22-24-18-8-6-16(26(31)32)10-20(18)28(35)36/h1-12,23-24H. The molecule has 0 spiro atoms. The van der Waals surface area contributed by atoms with Crippen molar-refractivity contribution in [3.63, 3.8) is 0 Å². The minimum absolute atomic E-state index is 0.0305. The van der Waals surface area contributed by atoms with E-state index in [9.17, 15) is 40.5 Å². The number of nitro benzene ring substituents is 4. The van der Waals surface area contributed by atoms with E-state index in [-0.39, 0.29) is 11.4 Å².